The van der Waals surface area contributed by atoms with E-state index in [1.165, 1.54) is 11.8 Å². The summed E-state index contributed by atoms with van der Waals surface area (Å²) < 4.78 is 0.534. The number of hydrogen-bond donors (Lipinski definition) is 3. The summed E-state index contributed by atoms with van der Waals surface area (Å²) in [5.41, 5.74) is 1.47. The summed E-state index contributed by atoms with van der Waals surface area (Å²) in [5, 5.41) is 14.5. The summed E-state index contributed by atoms with van der Waals surface area (Å²) in [6.45, 7) is 0. The van der Waals surface area contributed by atoms with Gasteiger partial charge in [0, 0.05) is 11.1 Å². The fourth-order valence-corrected chi connectivity index (χ4v) is 4.59. The number of thiocarbonyl (C=S) groups is 2. The van der Waals surface area contributed by atoms with Crippen LogP contribution in [0.5, 0.6) is 0 Å². The molecule has 0 spiro atoms. The summed E-state index contributed by atoms with van der Waals surface area (Å²) in [6, 6.07) is 0. The van der Waals surface area contributed by atoms with E-state index in [1.54, 1.807) is 0 Å². The molecule has 0 amide bonds. The van der Waals surface area contributed by atoms with Gasteiger partial charge in [-0.1, -0.05) is 82.6 Å². The van der Waals surface area contributed by atoms with Gasteiger partial charge in [0.25, 0.3) is 0 Å². The van der Waals surface area contributed by atoms with Gasteiger partial charge in [-0.3, -0.25) is 5.41 Å². The van der Waals surface area contributed by atoms with E-state index < -0.39 is 0 Å². The lowest BCUT2D eigenvalue weighted by Gasteiger charge is -2.10. The highest BCUT2D eigenvalue weighted by atomic mass is 35.5. The molecule has 3 N–H and O–H groups in total. The van der Waals surface area contributed by atoms with Gasteiger partial charge in [-0.05, 0) is 0 Å². The molecule has 2 aliphatic rings. The molecule has 0 saturated carbocycles. The second-order valence-electron chi connectivity index (χ2n) is 4.05. The lowest BCUT2D eigenvalue weighted by molar-refractivity contribution is 1.30. The Morgan fingerprint density at radius 3 is 1.95 bits per heavy atom. The molecule has 1 saturated heterocycles. The van der Waals surface area contributed by atoms with Crippen molar-refractivity contribution in [3.05, 3.63) is 36.1 Å². The molecular weight excluding hydrogens is 412 g/mol. The Labute approximate surface area is 154 Å². The van der Waals surface area contributed by atoms with Gasteiger partial charge in [-0.2, -0.15) is 0 Å². The first-order valence-electron chi connectivity index (χ1n) is 5.32. The maximum atomic E-state index is 8.05. The van der Waals surface area contributed by atoms with Crippen LogP contribution in [0, 0.1) is 5.41 Å². The van der Waals surface area contributed by atoms with Crippen molar-refractivity contribution in [2.75, 3.05) is 0 Å². The Bertz CT molecular complexity index is 788. The van der Waals surface area contributed by atoms with Crippen molar-refractivity contribution in [2.24, 2.45) is 0 Å². The fraction of sp³-hybridized carbons (Fsp3) is 0. The molecule has 0 atom stereocenters. The number of fused-ring (bicyclic) bond motifs is 1. The van der Waals surface area contributed by atoms with Crippen LogP contribution >= 0.6 is 82.6 Å². The normalized spacial score (nSPS) is 20.7. The number of rotatable bonds is 0. The molecule has 2 heterocycles. The highest BCUT2D eigenvalue weighted by Gasteiger charge is 2.35. The average Bonchev–Trinajstić information content (AvgIpc) is 2.93. The van der Waals surface area contributed by atoms with E-state index in [0.29, 0.717) is 31.0 Å². The zero-order valence-corrected chi connectivity index (χ0v) is 15.2. The van der Waals surface area contributed by atoms with Gasteiger partial charge in [0.1, 0.15) is 15.1 Å². The van der Waals surface area contributed by atoms with Gasteiger partial charge < -0.3 is 10.6 Å². The van der Waals surface area contributed by atoms with Crippen molar-refractivity contribution in [2.45, 2.75) is 0 Å². The Morgan fingerprint density at radius 2 is 1.43 bits per heavy atom. The Morgan fingerprint density at radius 1 is 0.857 bits per heavy atom. The lowest BCUT2D eigenvalue weighted by Crippen LogP contribution is -2.18. The van der Waals surface area contributed by atoms with Crippen LogP contribution in [-0.4, -0.2) is 15.1 Å². The predicted molar refractivity (Wildman–Crippen MR) is 99.3 cm³/mol. The van der Waals surface area contributed by atoms with E-state index in [1.807, 2.05) is 0 Å². The van der Waals surface area contributed by atoms with Crippen LogP contribution in [0.2, 0.25) is 20.1 Å². The van der Waals surface area contributed by atoms with Crippen LogP contribution < -0.4 is 10.6 Å². The number of hydrogen-bond acceptors (Lipinski definition) is 4. The molecule has 21 heavy (non-hydrogen) atoms. The van der Waals surface area contributed by atoms with Crippen molar-refractivity contribution in [3.63, 3.8) is 0 Å². The molecule has 0 radical (unpaired) electrons. The largest absolute Gasteiger partial charge is 0.339 e. The first kappa shape index (κ1) is 15.8. The minimum absolute atomic E-state index is 0.0826. The number of nitrogens with one attached hydrogen (secondary N) is 3. The number of halogens is 4. The molecule has 0 bridgehead atoms. The smallest absolute Gasteiger partial charge is 0.143 e. The third-order valence-corrected chi connectivity index (χ3v) is 6.35. The molecule has 3 nitrogen and oxygen atoms in total. The zero-order chi connectivity index (χ0) is 15.5. The van der Waals surface area contributed by atoms with E-state index in [2.05, 4.69) is 10.6 Å². The molecule has 1 aromatic rings. The molecule has 2 aliphatic heterocycles. The first-order chi connectivity index (χ1) is 9.82. The van der Waals surface area contributed by atoms with Gasteiger partial charge >= 0.3 is 0 Å². The van der Waals surface area contributed by atoms with Crippen molar-refractivity contribution in [1.29, 1.82) is 5.41 Å². The van der Waals surface area contributed by atoms with E-state index in [4.69, 9.17) is 76.2 Å². The number of thioether (sulfide) groups is 1. The number of benzene rings is 1. The summed E-state index contributed by atoms with van der Waals surface area (Å²) >= 11 is 36.2. The third-order valence-electron chi connectivity index (χ3n) is 2.86. The van der Waals surface area contributed by atoms with Crippen molar-refractivity contribution >= 4 is 103 Å². The second-order valence-corrected chi connectivity index (χ2v) is 7.66. The van der Waals surface area contributed by atoms with Gasteiger partial charge in [0.05, 0.1) is 30.7 Å². The first-order valence-corrected chi connectivity index (χ1v) is 8.47. The topological polar surface area (TPSA) is 47.9 Å². The molecule has 10 heteroatoms. The van der Waals surface area contributed by atoms with Crippen LogP contribution in [0.25, 0.3) is 5.70 Å². The van der Waals surface area contributed by atoms with Crippen molar-refractivity contribution in [3.8, 4) is 0 Å². The quantitative estimate of drug-likeness (QED) is 0.245. The minimum atomic E-state index is 0.0826. The molecule has 1 fully saturated rings. The predicted octanol–water partition coefficient (Wildman–Crippen LogP) is 4.85. The van der Waals surface area contributed by atoms with Gasteiger partial charge in [-0.25, -0.2) is 0 Å². The second kappa shape index (κ2) is 5.53. The lowest BCUT2D eigenvalue weighted by atomic mass is 10.1. The summed E-state index contributed by atoms with van der Waals surface area (Å²) in [7, 11) is 0. The number of amidine groups is 1. The molecule has 1 aromatic carbocycles. The Kier molecular flexibility index (Phi) is 4.16. The summed E-state index contributed by atoms with van der Waals surface area (Å²) in [4.78, 5) is 1.14. The Balaban J connectivity index is 2.36. The molecule has 108 valence electrons. The minimum Gasteiger partial charge on any atom is -0.339 e. The summed E-state index contributed by atoms with van der Waals surface area (Å²) in [5.74, 6) is 0.0826. The van der Waals surface area contributed by atoms with Crippen LogP contribution in [-0.2, 0) is 0 Å². The monoisotopic (exact) mass is 413 g/mol. The van der Waals surface area contributed by atoms with Gasteiger partial charge in [0.15, 0.2) is 0 Å². The van der Waals surface area contributed by atoms with E-state index in [0.717, 1.165) is 0 Å². The van der Waals surface area contributed by atoms with Gasteiger partial charge in [-0.15, -0.1) is 0 Å². The van der Waals surface area contributed by atoms with E-state index >= 15 is 0 Å². The molecule has 3 rings (SSSR count). The van der Waals surface area contributed by atoms with Crippen LogP contribution in [0.4, 0.5) is 0 Å². The fourth-order valence-electron chi connectivity index (χ4n) is 2.00. The molecular formula is C11H3Cl4N3S3. The van der Waals surface area contributed by atoms with E-state index in [-0.39, 0.29) is 25.9 Å². The average molecular weight is 415 g/mol. The van der Waals surface area contributed by atoms with Crippen LogP contribution in [0.1, 0.15) is 11.1 Å². The van der Waals surface area contributed by atoms with Crippen LogP contribution in [0.15, 0.2) is 4.91 Å². The molecule has 0 aliphatic carbocycles. The highest BCUT2D eigenvalue weighted by Crippen LogP contribution is 2.47. The Hall–Kier alpha value is -0.0800. The van der Waals surface area contributed by atoms with Gasteiger partial charge in [0.2, 0.25) is 0 Å². The zero-order valence-electron chi connectivity index (χ0n) is 9.74. The van der Waals surface area contributed by atoms with Crippen LogP contribution in [0.3, 0.4) is 0 Å². The summed E-state index contributed by atoms with van der Waals surface area (Å²) in [6.07, 6.45) is 0. The molecule has 0 aromatic heterocycles. The standard InChI is InChI=1S/C11H3Cl4N3S3/c12-3-1-2(4(13)6(15)5(3)14)9(16)17-7(1)8-10(19)18-11(20)21-8/h(H2,16,17)(H,18,19,20)/b8-7+. The van der Waals surface area contributed by atoms with Crippen molar-refractivity contribution < 1.29 is 0 Å². The SMILES string of the molecule is N=C1N/C(=C2/SC(=S)NC2=S)c2c(Cl)c(Cl)c(Cl)c(Cl)c21. The highest BCUT2D eigenvalue weighted by molar-refractivity contribution is 8.27. The maximum absolute atomic E-state index is 8.05. The third kappa shape index (κ3) is 2.37. The maximum Gasteiger partial charge on any atom is 0.143 e. The molecule has 0 unspecified atom stereocenters. The van der Waals surface area contributed by atoms with Crippen molar-refractivity contribution in [1.82, 2.24) is 10.6 Å². The van der Waals surface area contributed by atoms with E-state index in [9.17, 15) is 0 Å².